The molecule has 1 saturated carbocycles. The van der Waals surface area contributed by atoms with Crippen LogP contribution in [0, 0.1) is 11.8 Å². The van der Waals surface area contributed by atoms with Gasteiger partial charge in [0.1, 0.15) is 5.75 Å². The number of carbonyl (C=O) groups is 1. The molecular weight excluding hydrogens is 550 g/mol. The largest absolute Gasteiger partial charge is 0.573 e. The topological polar surface area (TPSA) is 57.7 Å². The minimum Gasteiger partial charge on any atom is -0.406 e. The van der Waals surface area contributed by atoms with Crippen molar-refractivity contribution in [3.05, 3.63) is 60.3 Å². The van der Waals surface area contributed by atoms with Crippen LogP contribution in [0.4, 0.5) is 37.7 Å². The quantitative estimate of drug-likeness (QED) is 0.328. The second kappa shape index (κ2) is 11.7. The Hall–Kier alpha value is -3.70. The van der Waals surface area contributed by atoms with Crippen LogP contribution in [0.3, 0.4) is 0 Å². The highest BCUT2D eigenvalue weighted by molar-refractivity contribution is 5.91. The summed E-state index contributed by atoms with van der Waals surface area (Å²) in [7, 11) is 0. The number of ether oxygens (including phenoxy) is 1. The number of anilines is 2. The van der Waals surface area contributed by atoms with Gasteiger partial charge in [0.25, 0.3) is 0 Å². The summed E-state index contributed by atoms with van der Waals surface area (Å²) in [6, 6.07) is 11.1. The Bertz CT molecular complexity index is 1350. The minimum absolute atomic E-state index is 0.0425. The second-order valence-electron chi connectivity index (χ2n) is 10.5. The van der Waals surface area contributed by atoms with Crippen LogP contribution in [-0.4, -0.2) is 54.9 Å². The van der Waals surface area contributed by atoms with Crippen molar-refractivity contribution in [2.24, 2.45) is 11.8 Å². The van der Waals surface area contributed by atoms with E-state index in [-0.39, 0.29) is 23.1 Å². The number of fused-ring (bicyclic) bond motifs is 1. The summed E-state index contributed by atoms with van der Waals surface area (Å²) in [4.78, 5) is 21.2. The monoisotopic (exact) mass is 580 g/mol. The Kier molecular flexibility index (Phi) is 8.19. The molecule has 1 N–H and O–H groups in total. The maximum atomic E-state index is 13.2. The van der Waals surface area contributed by atoms with E-state index in [1.54, 1.807) is 18.2 Å². The van der Waals surface area contributed by atoms with Crippen molar-refractivity contribution in [2.45, 2.75) is 38.2 Å². The summed E-state index contributed by atoms with van der Waals surface area (Å²) >= 11 is 0. The number of hydrogen-bond donors (Lipinski definition) is 1. The van der Waals surface area contributed by atoms with Gasteiger partial charge in [-0.3, -0.25) is 9.78 Å². The van der Waals surface area contributed by atoms with Crippen LogP contribution in [-0.2, 0) is 11.0 Å². The molecule has 0 unspecified atom stereocenters. The van der Waals surface area contributed by atoms with Crippen LogP contribution in [0.15, 0.2) is 54.7 Å². The number of hydrogen-bond acceptors (Lipinski definition) is 5. The Morgan fingerprint density at radius 1 is 0.902 bits per heavy atom. The highest BCUT2D eigenvalue weighted by Crippen LogP contribution is 2.34. The predicted octanol–water partition coefficient (Wildman–Crippen LogP) is 6.72. The molecule has 0 bridgehead atoms. The molecule has 3 aromatic rings. The molecule has 2 aromatic carbocycles. The maximum absolute atomic E-state index is 13.2. The van der Waals surface area contributed by atoms with Gasteiger partial charge in [0.05, 0.1) is 11.1 Å². The van der Waals surface area contributed by atoms with Gasteiger partial charge in [-0.15, -0.1) is 13.2 Å². The number of nitrogens with zero attached hydrogens (tertiary/aromatic N) is 3. The summed E-state index contributed by atoms with van der Waals surface area (Å²) in [5.74, 6) is 0.178. The number of aromatic nitrogens is 1. The molecule has 0 atom stereocenters. The van der Waals surface area contributed by atoms with Gasteiger partial charge in [0, 0.05) is 61.6 Å². The van der Waals surface area contributed by atoms with E-state index in [9.17, 15) is 31.1 Å². The van der Waals surface area contributed by atoms with Gasteiger partial charge >= 0.3 is 12.5 Å². The smallest absolute Gasteiger partial charge is 0.406 e. The minimum atomic E-state index is -4.73. The normalized spacial score (nSPS) is 20.2. The van der Waals surface area contributed by atoms with Crippen molar-refractivity contribution >= 4 is 28.2 Å². The third kappa shape index (κ3) is 7.15. The zero-order chi connectivity index (χ0) is 29.2. The first-order valence-corrected chi connectivity index (χ1v) is 13.6. The van der Waals surface area contributed by atoms with Crippen molar-refractivity contribution < 1.29 is 35.9 Å². The number of pyridine rings is 1. The number of nitrogens with one attached hydrogen (secondary N) is 1. The van der Waals surface area contributed by atoms with E-state index < -0.39 is 18.1 Å². The molecule has 2 heterocycles. The standard InChI is InChI=1S/C29H30F6N4O2/c30-28(31,32)21-5-10-24-25(11-12-36-26(24)17-21)37-18-19-1-3-20(4-2-19)27(40)39-15-13-38(14-16-39)22-6-8-23(9-7-22)41-29(33,34)35/h5-12,17,19-20H,1-4,13-16,18H2,(H,36,37). The van der Waals surface area contributed by atoms with E-state index in [1.165, 1.54) is 24.4 Å². The third-order valence-corrected chi connectivity index (χ3v) is 7.87. The first-order chi connectivity index (χ1) is 19.5. The average molecular weight is 581 g/mol. The molecule has 1 aromatic heterocycles. The Morgan fingerprint density at radius 2 is 1.59 bits per heavy atom. The fourth-order valence-electron chi connectivity index (χ4n) is 5.65. The average Bonchev–Trinajstić information content (AvgIpc) is 2.95. The molecular formula is C29H30F6N4O2. The van der Waals surface area contributed by atoms with Crippen molar-refractivity contribution in [1.82, 2.24) is 9.88 Å². The molecule has 220 valence electrons. The van der Waals surface area contributed by atoms with Gasteiger partial charge in [-0.05, 0) is 74.1 Å². The lowest BCUT2D eigenvalue weighted by molar-refractivity contribution is -0.274. The van der Waals surface area contributed by atoms with E-state index in [2.05, 4.69) is 15.0 Å². The molecule has 12 heteroatoms. The number of piperazine rings is 1. The summed E-state index contributed by atoms with van der Waals surface area (Å²) < 4.78 is 80.2. The lowest BCUT2D eigenvalue weighted by Crippen LogP contribution is -2.50. The SMILES string of the molecule is O=C(C1CCC(CNc2ccnc3cc(C(F)(F)F)ccc23)CC1)N1CCN(c2ccc(OC(F)(F)F)cc2)CC1. The predicted molar refractivity (Wildman–Crippen MR) is 143 cm³/mol. The lowest BCUT2D eigenvalue weighted by atomic mass is 9.81. The second-order valence-corrected chi connectivity index (χ2v) is 10.5. The number of amides is 1. The number of carbonyl (C=O) groups excluding carboxylic acids is 1. The fraction of sp³-hybridized carbons (Fsp3) is 0.448. The first-order valence-electron chi connectivity index (χ1n) is 13.6. The maximum Gasteiger partial charge on any atom is 0.573 e. The van der Waals surface area contributed by atoms with Crippen molar-refractivity contribution in [3.63, 3.8) is 0 Å². The summed E-state index contributed by atoms with van der Waals surface area (Å²) in [5.41, 5.74) is 1.07. The molecule has 1 aliphatic heterocycles. The summed E-state index contributed by atoms with van der Waals surface area (Å²) in [6.45, 7) is 2.94. The summed E-state index contributed by atoms with van der Waals surface area (Å²) in [6.07, 6.45) is -4.36. The highest BCUT2D eigenvalue weighted by atomic mass is 19.4. The van der Waals surface area contributed by atoms with E-state index in [0.717, 1.165) is 49.2 Å². The van der Waals surface area contributed by atoms with Crippen LogP contribution >= 0.6 is 0 Å². The van der Waals surface area contributed by atoms with E-state index >= 15 is 0 Å². The molecule has 41 heavy (non-hydrogen) atoms. The van der Waals surface area contributed by atoms with Crippen molar-refractivity contribution in [2.75, 3.05) is 42.9 Å². The zero-order valence-corrected chi connectivity index (χ0v) is 22.1. The van der Waals surface area contributed by atoms with Gasteiger partial charge in [-0.25, -0.2) is 0 Å². The number of benzene rings is 2. The Morgan fingerprint density at radius 3 is 2.22 bits per heavy atom. The number of alkyl halides is 6. The number of rotatable bonds is 6. The molecule has 5 rings (SSSR count). The van der Waals surface area contributed by atoms with Gasteiger partial charge in [-0.2, -0.15) is 13.2 Å². The molecule has 0 radical (unpaired) electrons. The van der Waals surface area contributed by atoms with Crippen molar-refractivity contribution in [1.29, 1.82) is 0 Å². The summed E-state index contributed by atoms with van der Waals surface area (Å²) in [5, 5.41) is 4.01. The number of halogens is 6. The van der Waals surface area contributed by atoms with Crippen LogP contribution in [0.25, 0.3) is 10.9 Å². The third-order valence-electron chi connectivity index (χ3n) is 7.87. The van der Waals surface area contributed by atoms with Gasteiger partial charge in [0.2, 0.25) is 5.91 Å². The Labute approximate surface area is 233 Å². The van der Waals surface area contributed by atoms with E-state index in [0.29, 0.717) is 44.0 Å². The fourth-order valence-corrected chi connectivity index (χ4v) is 5.65. The Balaban J connectivity index is 1.08. The highest BCUT2D eigenvalue weighted by Gasteiger charge is 2.33. The first kappa shape index (κ1) is 28.8. The van der Waals surface area contributed by atoms with E-state index in [4.69, 9.17) is 0 Å². The molecule has 1 saturated heterocycles. The van der Waals surface area contributed by atoms with Crippen molar-refractivity contribution in [3.8, 4) is 5.75 Å². The van der Waals surface area contributed by atoms with Gasteiger partial charge < -0.3 is 19.9 Å². The molecule has 1 aliphatic carbocycles. The van der Waals surface area contributed by atoms with Gasteiger partial charge in [0.15, 0.2) is 0 Å². The van der Waals surface area contributed by atoms with Gasteiger partial charge in [-0.1, -0.05) is 6.07 Å². The van der Waals surface area contributed by atoms with Crippen LogP contribution in [0.5, 0.6) is 5.75 Å². The molecule has 1 amide bonds. The van der Waals surface area contributed by atoms with E-state index in [1.807, 2.05) is 9.80 Å². The van der Waals surface area contributed by atoms with Crippen LogP contribution < -0.4 is 15.0 Å². The molecule has 2 fully saturated rings. The van der Waals surface area contributed by atoms with Crippen LogP contribution in [0.2, 0.25) is 0 Å². The molecule has 2 aliphatic rings. The lowest BCUT2D eigenvalue weighted by Gasteiger charge is -2.39. The zero-order valence-electron chi connectivity index (χ0n) is 22.1. The molecule has 6 nitrogen and oxygen atoms in total. The molecule has 0 spiro atoms. The van der Waals surface area contributed by atoms with Crippen LogP contribution in [0.1, 0.15) is 31.2 Å².